The molecule has 36 heavy (non-hydrogen) atoms. The normalized spacial score (nSPS) is 13.2. The molecular formula is C30H35NO5. The molecule has 6 heteroatoms. The first-order valence-corrected chi connectivity index (χ1v) is 12.4. The van der Waals surface area contributed by atoms with E-state index in [2.05, 4.69) is 6.07 Å². The lowest BCUT2D eigenvalue weighted by Crippen LogP contribution is -2.27. The molecule has 2 aromatic carbocycles. The van der Waals surface area contributed by atoms with Gasteiger partial charge in [-0.05, 0) is 77.6 Å². The zero-order chi connectivity index (χ0) is 26.4. The molecule has 0 fully saturated rings. The molecule has 190 valence electrons. The molecule has 2 heterocycles. The third-order valence-corrected chi connectivity index (χ3v) is 6.51. The highest BCUT2D eigenvalue weighted by molar-refractivity contribution is 5.86. The average molecular weight is 490 g/mol. The number of fused-ring (bicyclic) bond motifs is 1. The quantitative estimate of drug-likeness (QED) is 0.492. The smallest absolute Gasteiger partial charge is 0.309 e. The van der Waals surface area contributed by atoms with Crippen LogP contribution in [-0.4, -0.2) is 27.9 Å². The van der Waals surface area contributed by atoms with E-state index >= 15 is 0 Å². The number of pyridine rings is 1. The number of aromatic nitrogens is 1. The summed E-state index contributed by atoms with van der Waals surface area (Å²) in [5.41, 5.74) is 6.51. The van der Waals surface area contributed by atoms with Gasteiger partial charge in [0.25, 0.3) is 5.56 Å². The van der Waals surface area contributed by atoms with Crippen LogP contribution in [0.5, 0.6) is 11.5 Å². The highest BCUT2D eigenvalue weighted by Gasteiger charge is 2.29. The van der Waals surface area contributed by atoms with Gasteiger partial charge in [0.15, 0.2) is 0 Å². The minimum atomic E-state index is -0.996. The molecule has 0 bridgehead atoms. The van der Waals surface area contributed by atoms with E-state index in [9.17, 15) is 14.7 Å². The molecule has 0 saturated heterocycles. The molecule has 1 N–H and O–H groups in total. The number of ether oxygens (including phenoxy) is 2. The van der Waals surface area contributed by atoms with Crippen molar-refractivity contribution in [3.05, 3.63) is 68.6 Å². The van der Waals surface area contributed by atoms with Crippen LogP contribution in [0.4, 0.5) is 0 Å². The predicted molar refractivity (Wildman–Crippen MR) is 142 cm³/mol. The average Bonchev–Trinajstić information content (AvgIpc) is 2.77. The van der Waals surface area contributed by atoms with Crippen LogP contribution in [0.25, 0.3) is 22.3 Å². The molecule has 0 amide bonds. The maximum absolute atomic E-state index is 13.7. The zero-order valence-corrected chi connectivity index (χ0v) is 22.2. The summed E-state index contributed by atoms with van der Waals surface area (Å²) in [7, 11) is 1.65. The van der Waals surface area contributed by atoms with Gasteiger partial charge in [0.05, 0.1) is 18.6 Å². The summed E-state index contributed by atoms with van der Waals surface area (Å²) in [6, 6.07) is 9.96. The van der Waals surface area contributed by atoms with Crippen molar-refractivity contribution < 1.29 is 19.4 Å². The van der Waals surface area contributed by atoms with E-state index in [4.69, 9.17) is 9.47 Å². The van der Waals surface area contributed by atoms with Gasteiger partial charge in [0.1, 0.15) is 17.1 Å². The fourth-order valence-corrected chi connectivity index (χ4v) is 5.16. The molecule has 0 atom stereocenters. The molecule has 0 aliphatic carbocycles. The molecule has 1 aliphatic heterocycles. The number of aliphatic carboxylic acids is 1. The van der Waals surface area contributed by atoms with Gasteiger partial charge in [-0.3, -0.25) is 9.59 Å². The lowest BCUT2D eigenvalue weighted by Gasteiger charge is -2.30. The van der Waals surface area contributed by atoms with E-state index < -0.39 is 11.6 Å². The monoisotopic (exact) mass is 489 g/mol. The Labute approximate surface area is 212 Å². The Hall–Kier alpha value is -3.54. The van der Waals surface area contributed by atoms with Gasteiger partial charge in [-0.2, -0.15) is 0 Å². The molecule has 6 nitrogen and oxygen atoms in total. The lowest BCUT2D eigenvalue weighted by atomic mass is 9.88. The molecule has 3 aromatic rings. The van der Waals surface area contributed by atoms with Gasteiger partial charge in [-0.25, -0.2) is 0 Å². The largest absolute Gasteiger partial charge is 0.493 e. The molecule has 1 aliphatic rings. The van der Waals surface area contributed by atoms with Crippen LogP contribution in [-0.2, 0) is 24.7 Å². The Morgan fingerprint density at radius 3 is 2.36 bits per heavy atom. The number of carboxylic acids is 1. The third-order valence-electron chi connectivity index (χ3n) is 6.51. The first-order valence-electron chi connectivity index (χ1n) is 12.4. The fourth-order valence-electron chi connectivity index (χ4n) is 5.16. The van der Waals surface area contributed by atoms with Crippen molar-refractivity contribution in [2.75, 3.05) is 6.61 Å². The summed E-state index contributed by atoms with van der Waals surface area (Å²) >= 11 is 0. The SMILES string of the molecule is Cc1cc(C)cc(-c2c(C)c(-c3ccc4c(c3OC(C)(C)C)CCCO4)c(CC(=O)O)n(C)c2=O)c1. The Balaban J connectivity index is 2.13. The second kappa shape index (κ2) is 9.49. The van der Waals surface area contributed by atoms with Crippen molar-refractivity contribution in [1.82, 2.24) is 4.57 Å². The number of aryl methyl sites for hydroxylation is 2. The van der Waals surface area contributed by atoms with Crippen LogP contribution in [0.15, 0.2) is 35.1 Å². The minimum Gasteiger partial charge on any atom is -0.493 e. The van der Waals surface area contributed by atoms with Crippen molar-refractivity contribution in [3.8, 4) is 33.8 Å². The van der Waals surface area contributed by atoms with Gasteiger partial charge in [0.2, 0.25) is 0 Å². The Morgan fingerprint density at radius 1 is 1.08 bits per heavy atom. The zero-order valence-electron chi connectivity index (χ0n) is 22.2. The number of hydrogen-bond donors (Lipinski definition) is 1. The van der Waals surface area contributed by atoms with E-state index in [1.807, 2.05) is 65.8 Å². The predicted octanol–water partition coefficient (Wildman–Crippen LogP) is 5.77. The molecule has 4 rings (SSSR count). The van der Waals surface area contributed by atoms with Crippen LogP contribution in [0.3, 0.4) is 0 Å². The van der Waals surface area contributed by atoms with E-state index in [0.29, 0.717) is 23.6 Å². The second-order valence-corrected chi connectivity index (χ2v) is 10.7. The molecule has 0 radical (unpaired) electrons. The Bertz CT molecular complexity index is 1390. The Kier molecular flexibility index (Phi) is 6.74. The number of benzene rings is 2. The summed E-state index contributed by atoms with van der Waals surface area (Å²) < 4.78 is 14.0. The first kappa shape index (κ1) is 25.5. The fraction of sp³-hybridized carbons (Fsp3) is 0.400. The van der Waals surface area contributed by atoms with Crippen molar-refractivity contribution >= 4 is 5.97 Å². The molecular weight excluding hydrogens is 454 g/mol. The van der Waals surface area contributed by atoms with Crippen LogP contribution >= 0.6 is 0 Å². The molecule has 0 spiro atoms. The maximum atomic E-state index is 13.7. The first-order chi connectivity index (χ1) is 16.9. The van der Waals surface area contributed by atoms with Crippen LogP contribution < -0.4 is 15.0 Å². The van der Waals surface area contributed by atoms with Crippen molar-refractivity contribution in [2.24, 2.45) is 7.05 Å². The molecule has 1 aromatic heterocycles. The summed E-state index contributed by atoms with van der Waals surface area (Å²) in [4.78, 5) is 25.6. The van der Waals surface area contributed by atoms with Gasteiger partial charge < -0.3 is 19.1 Å². The summed E-state index contributed by atoms with van der Waals surface area (Å²) in [6.07, 6.45) is 1.40. The summed E-state index contributed by atoms with van der Waals surface area (Å²) in [5.74, 6) is 0.491. The third kappa shape index (κ3) is 4.90. The number of nitrogens with zero attached hydrogens (tertiary/aromatic N) is 1. The topological polar surface area (TPSA) is 77.8 Å². The highest BCUT2D eigenvalue weighted by atomic mass is 16.5. The van der Waals surface area contributed by atoms with Crippen LogP contribution in [0.2, 0.25) is 0 Å². The van der Waals surface area contributed by atoms with E-state index in [0.717, 1.165) is 57.5 Å². The van der Waals surface area contributed by atoms with Crippen molar-refractivity contribution in [3.63, 3.8) is 0 Å². The highest BCUT2D eigenvalue weighted by Crippen LogP contribution is 2.45. The second-order valence-electron chi connectivity index (χ2n) is 10.7. The number of carbonyl (C=O) groups is 1. The van der Waals surface area contributed by atoms with Gasteiger partial charge in [-0.15, -0.1) is 0 Å². The molecule has 0 unspecified atom stereocenters. The van der Waals surface area contributed by atoms with Crippen molar-refractivity contribution in [1.29, 1.82) is 0 Å². The minimum absolute atomic E-state index is 0.211. The lowest BCUT2D eigenvalue weighted by molar-refractivity contribution is -0.136. The van der Waals surface area contributed by atoms with Gasteiger partial charge in [0, 0.05) is 29.4 Å². The maximum Gasteiger partial charge on any atom is 0.309 e. The van der Waals surface area contributed by atoms with Crippen molar-refractivity contribution in [2.45, 2.75) is 66.4 Å². The number of hydrogen-bond acceptors (Lipinski definition) is 4. The van der Waals surface area contributed by atoms with Crippen LogP contribution in [0, 0.1) is 20.8 Å². The number of carboxylic acid groups (broad SMARTS) is 1. The molecule has 0 saturated carbocycles. The Morgan fingerprint density at radius 2 is 1.75 bits per heavy atom. The van der Waals surface area contributed by atoms with Crippen LogP contribution in [0.1, 0.15) is 55.1 Å². The summed E-state index contributed by atoms with van der Waals surface area (Å²) in [5, 5.41) is 9.78. The van der Waals surface area contributed by atoms with E-state index in [-0.39, 0.29) is 12.0 Å². The van der Waals surface area contributed by atoms with E-state index in [1.54, 1.807) is 7.05 Å². The van der Waals surface area contributed by atoms with Gasteiger partial charge >= 0.3 is 5.97 Å². The number of rotatable bonds is 5. The van der Waals surface area contributed by atoms with Gasteiger partial charge in [-0.1, -0.05) is 29.3 Å². The standard InChI is InChI=1S/C30H35NO5/c1-17-13-18(2)15-20(14-17)26-19(3)27(23(16-25(32)33)31(7)29(26)34)22-10-11-24-21(9-8-12-35-24)28(22)36-30(4,5)6/h10-11,13-15H,8-9,12,16H2,1-7H3,(H,32,33). The van der Waals surface area contributed by atoms with E-state index in [1.165, 1.54) is 4.57 Å². The summed E-state index contributed by atoms with van der Waals surface area (Å²) in [6.45, 7) is 12.6.